The fourth-order valence-electron chi connectivity index (χ4n) is 2.81. The molecule has 11 heteroatoms. The molecule has 0 aliphatic rings. The normalized spacial score (nSPS) is 10.7. The number of methoxy groups -OCH3 is 2. The number of benzene rings is 2. The van der Waals surface area contributed by atoms with E-state index in [9.17, 15) is 14.9 Å². The molecule has 10 nitrogen and oxygen atoms in total. The lowest BCUT2D eigenvalue weighted by molar-refractivity contribution is -0.385. The number of hydrazone groups is 1. The van der Waals surface area contributed by atoms with Gasteiger partial charge in [0.25, 0.3) is 0 Å². The summed E-state index contributed by atoms with van der Waals surface area (Å²) in [4.78, 5) is 27.8. The van der Waals surface area contributed by atoms with Gasteiger partial charge in [0.15, 0.2) is 5.75 Å². The second-order valence-electron chi connectivity index (χ2n) is 6.19. The van der Waals surface area contributed by atoms with Crippen molar-refractivity contribution < 1.29 is 23.9 Å². The SMILES string of the molecule is CCOc1c(OC)cc(/C=N\Nc2nc(-c3ccccc3)c(C(=O)OC)s2)cc1[N+](=O)[O-]. The smallest absolute Gasteiger partial charge is 0.350 e. The second-order valence-corrected chi connectivity index (χ2v) is 7.18. The quantitative estimate of drug-likeness (QED) is 0.218. The number of esters is 1. The van der Waals surface area contributed by atoms with E-state index in [1.807, 2.05) is 30.3 Å². The van der Waals surface area contributed by atoms with Crippen LogP contribution in [0.1, 0.15) is 22.2 Å². The Morgan fingerprint density at radius 3 is 2.66 bits per heavy atom. The number of hydrogen-bond acceptors (Lipinski definition) is 10. The summed E-state index contributed by atoms with van der Waals surface area (Å²) in [5, 5.41) is 15.9. The lowest BCUT2D eigenvalue weighted by Crippen LogP contribution is -2.02. The van der Waals surface area contributed by atoms with Crippen LogP contribution in [0.5, 0.6) is 11.5 Å². The average Bonchev–Trinajstić information content (AvgIpc) is 3.24. The third-order valence-corrected chi connectivity index (χ3v) is 5.12. The molecule has 0 bridgehead atoms. The molecule has 3 rings (SSSR count). The highest BCUT2D eigenvalue weighted by Gasteiger charge is 2.22. The maximum absolute atomic E-state index is 12.2. The molecule has 0 radical (unpaired) electrons. The number of ether oxygens (including phenoxy) is 3. The molecular weight excluding hydrogens is 436 g/mol. The van der Waals surface area contributed by atoms with Crippen LogP contribution in [0.15, 0.2) is 47.6 Å². The summed E-state index contributed by atoms with van der Waals surface area (Å²) < 4.78 is 15.4. The Hall–Kier alpha value is -3.99. The van der Waals surface area contributed by atoms with Crippen LogP contribution >= 0.6 is 11.3 Å². The molecule has 3 aromatic rings. The average molecular weight is 456 g/mol. The van der Waals surface area contributed by atoms with Crippen molar-refractivity contribution in [1.29, 1.82) is 0 Å². The molecule has 32 heavy (non-hydrogen) atoms. The second kappa shape index (κ2) is 10.4. The Kier molecular flexibility index (Phi) is 7.34. The molecule has 0 aliphatic carbocycles. The van der Waals surface area contributed by atoms with Crippen molar-refractivity contribution in [3.63, 3.8) is 0 Å². The van der Waals surface area contributed by atoms with E-state index in [0.717, 1.165) is 16.9 Å². The predicted molar refractivity (Wildman–Crippen MR) is 121 cm³/mol. The highest BCUT2D eigenvalue weighted by Crippen LogP contribution is 2.38. The minimum atomic E-state index is -0.548. The molecule has 166 valence electrons. The number of rotatable bonds is 9. The van der Waals surface area contributed by atoms with Crippen LogP contribution in [0.4, 0.5) is 10.8 Å². The van der Waals surface area contributed by atoms with E-state index in [2.05, 4.69) is 15.5 Å². The van der Waals surface area contributed by atoms with Crippen molar-refractivity contribution in [1.82, 2.24) is 4.98 Å². The number of nitro benzene ring substituents is 1. The molecule has 1 N–H and O–H groups in total. The van der Waals surface area contributed by atoms with Crippen molar-refractivity contribution in [3.8, 4) is 22.8 Å². The molecule has 0 spiro atoms. The number of hydrogen-bond donors (Lipinski definition) is 1. The van der Waals surface area contributed by atoms with Crippen molar-refractivity contribution in [2.75, 3.05) is 26.3 Å². The summed E-state index contributed by atoms with van der Waals surface area (Å²) in [5.74, 6) is -0.235. The third-order valence-electron chi connectivity index (χ3n) is 4.18. The van der Waals surface area contributed by atoms with Crippen molar-refractivity contribution in [2.45, 2.75) is 6.92 Å². The molecule has 1 aromatic heterocycles. The summed E-state index contributed by atoms with van der Waals surface area (Å²) in [5.41, 5.74) is 4.16. The van der Waals surface area contributed by atoms with E-state index in [1.54, 1.807) is 13.0 Å². The highest BCUT2D eigenvalue weighted by molar-refractivity contribution is 7.17. The molecule has 0 unspecified atom stereocenters. The zero-order valence-electron chi connectivity index (χ0n) is 17.5. The van der Waals surface area contributed by atoms with E-state index in [1.165, 1.54) is 26.5 Å². The van der Waals surface area contributed by atoms with Gasteiger partial charge in [-0.2, -0.15) is 5.10 Å². The van der Waals surface area contributed by atoms with Gasteiger partial charge in [0.2, 0.25) is 10.9 Å². The zero-order chi connectivity index (χ0) is 23.1. The van der Waals surface area contributed by atoms with Gasteiger partial charge in [0.05, 0.1) is 37.7 Å². The van der Waals surface area contributed by atoms with Crippen LogP contribution in [0.2, 0.25) is 0 Å². The molecule has 0 amide bonds. The maximum atomic E-state index is 12.2. The molecule has 0 fully saturated rings. The fraction of sp³-hybridized carbons (Fsp3) is 0.190. The lowest BCUT2D eigenvalue weighted by atomic mass is 10.1. The lowest BCUT2D eigenvalue weighted by Gasteiger charge is -2.10. The maximum Gasteiger partial charge on any atom is 0.350 e. The van der Waals surface area contributed by atoms with Gasteiger partial charge in [0, 0.05) is 17.2 Å². The number of carbonyl (C=O) groups is 1. The molecule has 0 aliphatic heterocycles. The van der Waals surface area contributed by atoms with Gasteiger partial charge in [-0.25, -0.2) is 9.78 Å². The van der Waals surface area contributed by atoms with Gasteiger partial charge >= 0.3 is 11.7 Å². The number of carbonyl (C=O) groups excluding carboxylic acids is 1. The Morgan fingerprint density at radius 1 is 1.28 bits per heavy atom. The van der Waals surface area contributed by atoms with Crippen molar-refractivity contribution in [3.05, 3.63) is 63.0 Å². The Morgan fingerprint density at radius 2 is 2.03 bits per heavy atom. The minimum absolute atomic E-state index is 0.0558. The van der Waals surface area contributed by atoms with Crippen LogP contribution in [0.25, 0.3) is 11.3 Å². The van der Waals surface area contributed by atoms with E-state index < -0.39 is 10.9 Å². The summed E-state index contributed by atoms with van der Waals surface area (Å²) in [6.07, 6.45) is 1.38. The number of nitro groups is 1. The van der Waals surface area contributed by atoms with Crippen molar-refractivity contribution in [2.24, 2.45) is 5.10 Å². The van der Waals surface area contributed by atoms with E-state index in [-0.39, 0.29) is 23.8 Å². The van der Waals surface area contributed by atoms with Crippen LogP contribution < -0.4 is 14.9 Å². The van der Waals surface area contributed by atoms with Gasteiger partial charge in [-0.3, -0.25) is 15.5 Å². The first-order valence-corrected chi connectivity index (χ1v) is 10.2. The fourth-order valence-corrected chi connectivity index (χ4v) is 3.67. The van der Waals surface area contributed by atoms with Gasteiger partial charge in [0.1, 0.15) is 4.88 Å². The molecule has 0 atom stereocenters. The van der Waals surface area contributed by atoms with Crippen LogP contribution in [-0.2, 0) is 4.74 Å². The Balaban J connectivity index is 1.89. The molecule has 0 saturated heterocycles. The first kappa shape index (κ1) is 22.7. The summed E-state index contributed by atoms with van der Waals surface area (Å²) in [6.45, 7) is 1.98. The van der Waals surface area contributed by atoms with E-state index in [0.29, 0.717) is 21.3 Å². The molecule has 1 heterocycles. The summed E-state index contributed by atoms with van der Waals surface area (Å²) in [7, 11) is 2.70. The standard InChI is InChI=1S/C21H20N4O6S/c1-4-31-18-15(25(27)28)10-13(11-16(18)29-2)12-22-24-21-23-17(14-8-6-5-7-9-14)19(32-21)20(26)30-3/h5-12H,4H2,1-3H3,(H,23,24)/b22-12-. The predicted octanol–water partition coefficient (Wildman–Crippen LogP) is 4.36. The first-order valence-electron chi connectivity index (χ1n) is 9.41. The van der Waals surface area contributed by atoms with E-state index >= 15 is 0 Å². The Labute approximate surface area is 187 Å². The van der Waals surface area contributed by atoms with Gasteiger partial charge in [-0.15, -0.1) is 0 Å². The first-order chi connectivity index (χ1) is 15.5. The number of anilines is 1. The molecular formula is C21H20N4O6S. The minimum Gasteiger partial charge on any atom is -0.493 e. The highest BCUT2D eigenvalue weighted by atomic mass is 32.1. The largest absolute Gasteiger partial charge is 0.493 e. The Bertz CT molecular complexity index is 1150. The zero-order valence-corrected chi connectivity index (χ0v) is 18.3. The van der Waals surface area contributed by atoms with Crippen molar-refractivity contribution >= 4 is 34.3 Å². The monoisotopic (exact) mass is 456 g/mol. The van der Waals surface area contributed by atoms with Crippen LogP contribution in [-0.4, -0.2) is 42.9 Å². The topological polar surface area (TPSA) is 125 Å². The van der Waals surface area contributed by atoms with Gasteiger partial charge < -0.3 is 14.2 Å². The summed E-state index contributed by atoms with van der Waals surface area (Å²) in [6, 6.07) is 12.1. The summed E-state index contributed by atoms with van der Waals surface area (Å²) >= 11 is 1.08. The third kappa shape index (κ3) is 5.01. The number of nitrogens with one attached hydrogen (secondary N) is 1. The molecule has 2 aromatic carbocycles. The van der Waals surface area contributed by atoms with Crippen LogP contribution in [0.3, 0.4) is 0 Å². The number of nitrogens with zero attached hydrogens (tertiary/aromatic N) is 3. The molecule has 0 saturated carbocycles. The van der Waals surface area contributed by atoms with E-state index in [4.69, 9.17) is 14.2 Å². The number of aromatic nitrogens is 1. The van der Waals surface area contributed by atoms with Gasteiger partial charge in [-0.05, 0) is 13.0 Å². The number of thiazole rings is 1. The van der Waals surface area contributed by atoms with Crippen LogP contribution in [0, 0.1) is 10.1 Å². The van der Waals surface area contributed by atoms with Gasteiger partial charge in [-0.1, -0.05) is 41.7 Å².